The molecule has 0 aromatic carbocycles. The summed E-state index contributed by atoms with van der Waals surface area (Å²) >= 11 is 0. The number of unbranched alkanes of at least 4 members (excludes halogenated alkanes) is 1. The van der Waals surface area contributed by atoms with Gasteiger partial charge in [0, 0.05) is 25.2 Å². The molecule has 2 unspecified atom stereocenters. The SMILES string of the molecule is CCCCN1CC(CC(C)C)NCC1CCC. The maximum absolute atomic E-state index is 3.75. The molecule has 1 aliphatic heterocycles. The van der Waals surface area contributed by atoms with Gasteiger partial charge in [-0.3, -0.25) is 4.90 Å². The van der Waals surface area contributed by atoms with Gasteiger partial charge in [0.25, 0.3) is 0 Å². The minimum atomic E-state index is 0.722. The van der Waals surface area contributed by atoms with Gasteiger partial charge in [-0.15, -0.1) is 0 Å². The van der Waals surface area contributed by atoms with Gasteiger partial charge >= 0.3 is 0 Å². The highest BCUT2D eigenvalue weighted by molar-refractivity contribution is 4.86. The van der Waals surface area contributed by atoms with Crippen LogP contribution in [-0.2, 0) is 0 Å². The van der Waals surface area contributed by atoms with Crippen LogP contribution in [0, 0.1) is 5.92 Å². The van der Waals surface area contributed by atoms with Crippen LogP contribution in [-0.4, -0.2) is 36.6 Å². The van der Waals surface area contributed by atoms with Gasteiger partial charge in [0.05, 0.1) is 0 Å². The second-order valence-electron chi connectivity index (χ2n) is 6.03. The smallest absolute Gasteiger partial charge is 0.0221 e. The van der Waals surface area contributed by atoms with Crippen molar-refractivity contribution >= 4 is 0 Å². The molecule has 1 fully saturated rings. The number of nitrogens with zero attached hydrogens (tertiary/aromatic N) is 1. The largest absolute Gasteiger partial charge is 0.311 e. The van der Waals surface area contributed by atoms with Crippen LogP contribution < -0.4 is 5.32 Å². The average molecular weight is 240 g/mol. The second kappa shape index (κ2) is 8.10. The van der Waals surface area contributed by atoms with E-state index in [0.29, 0.717) is 0 Å². The van der Waals surface area contributed by atoms with Crippen LogP contribution in [0.1, 0.15) is 59.8 Å². The highest BCUT2D eigenvalue weighted by atomic mass is 15.2. The Kier molecular flexibility index (Phi) is 7.14. The lowest BCUT2D eigenvalue weighted by Gasteiger charge is -2.41. The van der Waals surface area contributed by atoms with Crippen LogP contribution in [0.25, 0.3) is 0 Å². The molecular weight excluding hydrogens is 208 g/mol. The van der Waals surface area contributed by atoms with Crippen molar-refractivity contribution in [2.75, 3.05) is 19.6 Å². The van der Waals surface area contributed by atoms with Gasteiger partial charge in [-0.05, 0) is 31.7 Å². The summed E-state index contributed by atoms with van der Waals surface area (Å²) in [7, 11) is 0. The van der Waals surface area contributed by atoms with Gasteiger partial charge in [-0.1, -0.05) is 40.5 Å². The minimum Gasteiger partial charge on any atom is -0.311 e. The maximum atomic E-state index is 3.75. The summed E-state index contributed by atoms with van der Waals surface area (Å²) in [6, 6.07) is 1.51. The summed E-state index contributed by atoms with van der Waals surface area (Å²) in [4.78, 5) is 2.75. The Hall–Kier alpha value is -0.0800. The molecular formula is C15H32N2. The van der Waals surface area contributed by atoms with Crippen LogP contribution in [0.15, 0.2) is 0 Å². The van der Waals surface area contributed by atoms with Crippen molar-refractivity contribution in [1.82, 2.24) is 10.2 Å². The van der Waals surface area contributed by atoms with E-state index in [-0.39, 0.29) is 0 Å². The highest BCUT2D eigenvalue weighted by Crippen LogP contribution is 2.17. The van der Waals surface area contributed by atoms with Crippen molar-refractivity contribution in [3.8, 4) is 0 Å². The van der Waals surface area contributed by atoms with E-state index in [1.807, 2.05) is 0 Å². The molecule has 0 aliphatic carbocycles. The van der Waals surface area contributed by atoms with Crippen molar-refractivity contribution in [1.29, 1.82) is 0 Å². The fourth-order valence-corrected chi connectivity index (χ4v) is 2.91. The number of rotatable bonds is 7. The third-order valence-corrected chi connectivity index (χ3v) is 3.79. The first-order chi connectivity index (χ1) is 8.17. The van der Waals surface area contributed by atoms with Crippen LogP contribution in [0.5, 0.6) is 0 Å². The highest BCUT2D eigenvalue weighted by Gasteiger charge is 2.26. The summed E-state index contributed by atoms with van der Waals surface area (Å²) in [5.41, 5.74) is 0. The molecule has 1 rings (SSSR count). The van der Waals surface area contributed by atoms with Crippen LogP contribution in [0.2, 0.25) is 0 Å². The molecule has 0 aromatic rings. The molecule has 0 aromatic heterocycles. The first-order valence-electron chi connectivity index (χ1n) is 7.64. The first kappa shape index (κ1) is 15.0. The Bertz CT molecular complexity index is 191. The van der Waals surface area contributed by atoms with E-state index in [2.05, 4.69) is 37.9 Å². The standard InChI is InChI=1S/C15H32N2/c1-5-7-9-17-12-14(10-13(3)4)16-11-15(17)8-6-2/h13-16H,5-12H2,1-4H3. The molecule has 2 atom stereocenters. The molecule has 1 aliphatic rings. The zero-order chi connectivity index (χ0) is 12.7. The van der Waals surface area contributed by atoms with E-state index in [0.717, 1.165) is 18.0 Å². The average Bonchev–Trinajstić information content (AvgIpc) is 2.28. The van der Waals surface area contributed by atoms with Crippen molar-refractivity contribution in [2.45, 2.75) is 71.9 Å². The third kappa shape index (κ3) is 5.39. The molecule has 102 valence electrons. The lowest BCUT2D eigenvalue weighted by Crippen LogP contribution is -2.56. The predicted molar refractivity (Wildman–Crippen MR) is 76.4 cm³/mol. The molecule has 17 heavy (non-hydrogen) atoms. The molecule has 1 N–H and O–H groups in total. The summed E-state index contributed by atoms with van der Waals surface area (Å²) in [5.74, 6) is 0.809. The molecule has 2 nitrogen and oxygen atoms in total. The van der Waals surface area contributed by atoms with E-state index in [1.165, 1.54) is 51.7 Å². The third-order valence-electron chi connectivity index (χ3n) is 3.79. The number of nitrogens with one attached hydrogen (secondary N) is 1. The van der Waals surface area contributed by atoms with Crippen molar-refractivity contribution < 1.29 is 0 Å². The van der Waals surface area contributed by atoms with Crippen LogP contribution in [0.4, 0.5) is 0 Å². The number of hydrogen-bond acceptors (Lipinski definition) is 2. The zero-order valence-corrected chi connectivity index (χ0v) is 12.3. The molecule has 0 saturated carbocycles. The topological polar surface area (TPSA) is 15.3 Å². The Balaban J connectivity index is 2.44. The Morgan fingerprint density at radius 1 is 1.24 bits per heavy atom. The van der Waals surface area contributed by atoms with Gasteiger partial charge < -0.3 is 5.32 Å². The van der Waals surface area contributed by atoms with E-state index in [9.17, 15) is 0 Å². The van der Waals surface area contributed by atoms with Gasteiger partial charge in [0.15, 0.2) is 0 Å². The maximum Gasteiger partial charge on any atom is 0.0221 e. The first-order valence-corrected chi connectivity index (χ1v) is 7.64. The molecule has 0 spiro atoms. The Labute approximate surface area is 108 Å². The normalized spacial score (nSPS) is 26.6. The summed E-state index contributed by atoms with van der Waals surface area (Å²) in [6.45, 7) is 13.0. The number of piperazine rings is 1. The quantitative estimate of drug-likeness (QED) is 0.735. The monoisotopic (exact) mass is 240 g/mol. The van der Waals surface area contributed by atoms with Crippen molar-refractivity contribution in [3.05, 3.63) is 0 Å². The Morgan fingerprint density at radius 3 is 2.59 bits per heavy atom. The van der Waals surface area contributed by atoms with Crippen LogP contribution in [0.3, 0.4) is 0 Å². The van der Waals surface area contributed by atoms with Crippen LogP contribution >= 0.6 is 0 Å². The van der Waals surface area contributed by atoms with Gasteiger partial charge in [0.2, 0.25) is 0 Å². The van der Waals surface area contributed by atoms with Gasteiger partial charge in [-0.2, -0.15) is 0 Å². The zero-order valence-electron chi connectivity index (χ0n) is 12.3. The predicted octanol–water partition coefficient (Wildman–Crippen LogP) is 3.28. The van der Waals surface area contributed by atoms with Gasteiger partial charge in [0.1, 0.15) is 0 Å². The van der Waals surface area contributed by atoms with Crippen molar-refractivity contribution in [3.63, 3.8) is 0 Å². The summed E-state index contributed by atoms with van der Waals surface area (Å²) in [6.07, 6.45) is 6.66. The lowest BCUT2D eigenvalue weighted by molar-refractivity contribution is 0.113. The minimum absolute atomic E-state index is 0.722. The lowest BCUT2D eigenvalue weighted by atomic mass is 9.98. The summed E-state index contributed by atoms with van der Waals surface area (Å²) < 4.78 is 0. The van der Waals surface area contributed by atoms with E-state index < -0.39 is 0 Å². The van der Waals surface area contributed by atoms with E-state index >= 15 is 0 Å². The Morgan fingerprint density at radius 2 is 2.00 bits per heavy atom. The van der Waals surface area contributed by atoms with Crippen molar-refractivity contribution in [2.24, 2.45) is 5.92 Å². The molecule has 0 radical (unpaired) electrons. The van der Waals surface area contributed by atoms with E-state index in [1.54, 1.807) is 0 Å². The van der Waals surface area contributed by atoms with E-state index in [4.69, 9.17) is 0 Å². The molecule has 2 heteroatoms. The molecule has 0 bridgehead atoms. The molecule has 1 heterocycles. The second-order valence-corrected chi connectivity index (χ2v) is 6.03. The summed E-state index contributed by atoms with van der Waals surface area (Å²) in [5, 5.41) is 3.75. The molecule has 0 amide bonds. The fourth-order valence-electron chi connectivity index (χ4n) is 2.91. The molecule has 1 saturated heterocycles. The van der Waals surface area contributed by atoms with Gasteiger partial charge in [-0.25, -0.2) is 0 Å². The fraction of sp³-hybridized carbons (Fsp3) is 1.00. The number of hydrogen-bond donors (Lipinski definition) is 1.